The highest BCUT2D eigenvalue weighted by Crippen LogP contribution is 2.43. The van der Waals surface area contributed by atoms with Crippen molar-refractivity contribution in [2.75, 3.05) is 40.9 Å². The number of unbranched alkanes of at least 4 members (excludes halogenated alkanes) is 24. The Hall–Kier alpha value is -0.500. The van der Waals surface area contributed by atoms with Crippen LogP contribution in [-0.2, 0) is 18.4 Å². The van der Waals surface area contributed by atoms with Gasteiger partial charge in [-0.25, -0.2) is 4.57 Å². The number of phosphoric acid groups is 1. The summed E-state index contributed by atoms with van der Waals surface area (Å²) < 4.78 is 23.5. The molecule has 0 radical (unpaired) electrons. The predicted molar refractivity (Wildman–Crippen MR) is 203 cm³/mol. The van der Waals surface area contributed by atoms with Crippen molar-refractivity contribution in [2.45, 2.75) is 206 Å². The lowest BCUT2D eigenvalue weighted by molar-refractivity contribution is -0.870. The molecular weight excluding hydrogens is 623 g/mol. The van der Waals surface area contributed by atoms with E-state index >= 15 is 0 Å². The lowest BCUT2D eigenvalue weighted by Gasteiger charge is -2.26. The molecule has 9 heteroatoms. The number of carbonyl (C=O) groups is 1. The van der Waals surface area contributed by atoms with Gasteiger partial charge >= 0.3 is 7.82 Å². The van der Waals surface area contributed by atoms with Gasteiger partial charge in [-0.2, -0.15) is 0 Å². The van der Waals surface area contributed by atoms with E-state index in [0.717, 1.165) is 38.5 Å². The molecule has 48 heavy (non-hydrogen) atoms. The standard InChI is InChI=1S/C39H81N2O6P/c1-6-8-10-12-14-16-18-19-20-21-23-24-26-28-30-32-38(42)37(36-47-48(44,45)46-35-34-41(3,4)5)40-39(43)33-31-29-27-25-22-17-15-13-11-9-7-2/h37-38,42H,6-36H2,1-5H3,(H-,40,43,44,45)/p+1. The number of carbonyl (C=O) groups excluding carboxylic acids is 1. The minimum Gasteiger partial charge on any atom is -0.391 e. The van der Waals surface area contributed by atoms with Crippen molar-refractivity contribution in [1.29, 1.82) is 0 Å². The second-order valence-electron chi connectivity index (χ2n) is 15.4. The summed E-state index contributed by atoms with van der Waals surface area (Å²) in [5.41, 5.74) is 0. The Morgan fingerprint density at radius 2 is 1.00 bits per heavy atom. The molecule has 3 N–H and O–H groups in total. The van der Waals surface area contributed by atoms with Crippen LogP contribution in [0.3, 0.4) is 0 Å². The van der Waals surface area contributed by atoms with Gasteiger partial charge in [-0.1, -0.05) is 174 Å². The van der Waals surface area contributed by atoms with E-state index in [9.17, 15) is 19.4 Å². The number of likely N-dealkylation sites (N-methyl/N-ethyl adjacent to an activating group) is 1. The number of phosphoric ester groups is 1. The summed E-state index contributed by atoms with van der Waals surface area (Å²) in [6, 6.07) is -0.751. The highest BCUT2D eigenvalue weighted by Gasteiger charge is 2.28. The summed E-state index contributed by atoms with van der Waals surface area (Å²) in [5, 5.41) is 13.9. The normalized spacial score (nSPS) is 14.6. The third-order valence-electron chi connectivity index (χ3n) is 9.36. The Bertz CT molecular complexity index is 763. The molecular formula is C39H82N2O6P+. The van der Waals surface area contributed by atoms with Crippen LogP contribution < -0.4 is 5.32 Å². The van der Waals surface area contributed by atoms with Crippen LogP contribution in [-0.4, -0.2) is 73.4 Å². The third kappa shape index (κ3) is 34.0. The van der Waals surface area contributed by atoms with Gasteiger partial charge in [-0.3, -0.25) is 13.8 Å². The summed E-state index contributed by atoms with van der Waals surface area (Å²) in [4.78, 5) is 23.0. The number of aliphatic hydroxyl groups is 1. The van der Waals surface area contributed by atoms with Gasteiger partial charge in [0.1, 0.15) is 13.2 Å². The Balaban J connectivity index is 4.40. The zero-order valence-electron chi connectivity index (χ0n) is 32.5. The third-order valence-corrected chi connectivity index (χ3v) is 10.3. The topological polar surface area (TPSA) is 105 Å². The van der Waals surface area contributed by atoms with E-state index < -0.39 is 20.0 Å². The summed E-state index contributed by atoms with van der Waals surface area (Å²) in [6.45, 7) is 4.88. The van der Waals surface area contributed by atoms with Crippen LogP contribution in [0, 0.1) is 0 Å². The largest absolute Gasteiger partial charge is 0.472 e. The van der Waals surface area contributed by atoms with Crippen LogP contribution >= 0.6 is 7.82 Å². The number of amides is 1. The first kappa shape index (κ1) is 47.5. The van der Waals surface area contributed by atoms with Gasteiger partial charge in [-0.15, -0.1) is 0 Å². The minimum atomic E-state index is -4.30. The van der Waals surface area contributed by atoms with Gasteiger partial charge in [0.15, 0.2) is 0 Å². The van der Waals surface area contributed by atoms with Crippen LogP contribution in [0.2, 0.25) is 0 Å². The minimum absolute atomic E-state index is 0.0782. The molecule has 0 fully saturated rings. The van der Waals surface area contributed by atoms with Crippen LogP contribution in [0.5, 0.6) is 0 Å². The molecule has 0 aromatic rings. The molecule has 0 bridgehead atoms. The lowest BCUT2D eigenvalue weighted by Crippen LogP contribution is -2.46. The Labute approximate surface area is 298 Å². The molecule has 3 unspecified atom stereocenters. The van der Waals surface area contributed by atoms with E-state index in [1.807, 2.05) is 21.1 Å². The van der Waals surface area contributed by atoms with E-state index in [0.29, 0.717) is 23.9 Å². The molecule has 0 aliphatic heterocycles. The fraction of sp³-hybridized carbons (Fsp3) is 0.974. The number of quaternary nitrogens is 1. The van der Waals surface area contributed by atoms with Crippen molar-refractivity contribution in [3.05, 3.63) is 0 Å². The lowest BCUT2D eigenvalue weighted by atomic mass is 10.0. The molecule has 0 saturated carbocycles. The predicted octanol–water partition coefficient (Wildman–Crippen LogP) is 10.6. The van der Waals surface area contributed by atoms with Crippen LogP contribution in [0.25, 0.3) is 0 Å². The molecule has 0 aromatic carbocycles. The van der Waals surface area contributed by atoms with Gasteiger partial charge in [0, 0.05) is 6.42 Å². The quantitative estimate of drug-likeness (QED) is 0.0338. The molecule has 0 aliphatic rings. The zero-order chi connectivity index (χ0) is 35.8. The maximum absolute atomic E-state index is 12.8. The van der Waals surface area contributed by atoms with Gasteiger partial charge in [0.2, 0.25) is 5.91 Å². The van der Waals surface area contributed by atoms with Gasteiger partial charge in [0.05, 0.1) is 39.9 Å². The second-order valence-corrected chi connectivity index (χ2v) is 16.8. The number of rotatable bonds is 37. The Morgan fingerprint density at radius 3 is 1.40 bits per heavy atom. The molecule has 0 spiro atoms. The van der Waals surface area contributed by atoms with E-state index in [1.165, 1.54) is 128 Å². The molecule has 0 saturated heterocycles. The van der Waals surface area contributed by atoms with Crippen LogP contribution in [0.15, 0.2) is 0 Å². The molecule has 0 aliphatic carbocycles. The fourth-order valence-electron chi connectivity index (χ4n) is 6.05. The summed E-state index contributed by atoms with van der Waals surface area (Å²) in [7, 11) is 1.62. The van der Waals surface area contributed by atoms with Crippen molar-refractivity contribution in [3.63, 3.8) is 0 Å². The molecule has 0 aromatic heterocycles. The second kappa shape index (κ2) is 32.4. The number of hydrogen-bond donors (Lipinski definition) is 3. The molecule has 3 atom stereocenters. The number of hydrogen-bond acceptors (Lipinski definition) is 5. The van der Waals surface area contributed by atoms with E-state index in [-0.39, 0.29) is 19.1 Å². The first-order valence-electron chi connectivity index (χ1n) is 20.4. The average Bonchev–Trinajstić information content (AvgIpc) is 3.02. The average molecular weight is 706 g/mol. The zero-order valence-corrected chi connectivity index (χ0v) is 33.4. The van der Waals surface area contributed by atoms with E-state index in [2.05, 4.69) is 19.2 Å². The van der Waals surface area contributed by atoms with Crippen LogP contribution in [0.4, 0.5) is 0 Å². The Morgan fingerprint density at radius 1 is 0.625 bits per heavy atom. The van der Waals surface area contributed by atoms with Crippen LogP contribution in [0.1, 0.15) is 194 Å². The smallest absolute Gasteiger partial charge is 0.391 e. The Kier molecular flexibility index (Phi) is 32.1. The first-order chi connectivity index (χ1) is 23.0. The van der Waals surface area contributed by atoms with Crippen molar-refractivity contribution < 1.29 is 32.9 Å². The molecule has 1 amide bonds. The number of aliphatic hydroxyl groups excluding tert-OH is 1. The molecule has 288 valence electrons. The monoisotopic (exact) mass is 706 g/mol. The summed E-state index contributed by atoms with van der Waals surface area (Å²) in [5.74, 6) is -0.145. The van der Waals surface area contributed by atoms with E-state index in [1.54, 1.807) is 0 Å². The molecule has 0 rings (SSSR count). The van der Waals surface area contributed by atoms with E-state index in [4.69, 9.17) is 9.05 Å². The van der Waals surface area contributed by atoms with Gasteiger partial charge < -0.3 is 19.8 Å². The van der Waals surface area contributed by atoms with Crippen molar-refractivity contribution in [1.82, 2.24) is 5.32 Å². The highest BCUT2D eigenvalue weighted by molar-refractivity contribution is 7.47. The fourth-order valence-corrected chi connectivity index (χ4v) is 6.78. The maximum atomic E-state index is 12.8. The number of nitrogens with one attached hydrogen (secondary N) is 1. The first-order valence-corrected chi connectivity index (χ1v) is 21.9. The SMILES string of the molecule is CCCCCCCCCCCCCCCCCC(O)C(COP(=O)(O)OCC[N+](C)(C)C)NC(=O)CCCCCCCCCCCCC. The maximum Gasteiger partial charge on any atom is 0.472 e. The molecule has 8 nitrogen and oxygen atoms in total. The van der Waals surface area contributed by atoms with Crippen molar-refractivity contribution in [3.8, 4) is 0 Å². The van der Waals surface area contributed by atoms with Gasteiger partial charge in [-0.05, 0) is 12.8 Å². The van der Waals surface area contributed by atoms with Crippen molar-refractivity contribution >= 4 is 13.7 Å². The molecule has 0 heterocycles. The summed E-state index contributed by atoms with van der Waals surface area (Å²) in [6.07, 6.45) is 32.6. The van der Waals surface area contributed by atoms with Gasteiger partial charge in [0.25, 0.3) is 0 Å². The number of nitrogens with zero attached hydrogens (tertiary/aromatic N) is 1. The highest BCUT2D eigenvalue weighted by atomic mass is 31.2. The van der Waals surface area contributed by atoms with Crippen molar-refractivity contribution in [2.24, 2.45) is 0 Å². The summed E-state index contributed by atoms with van der Waals surface area (Å²) >= 11 is 0.